The highest BCUT2D eigenvalue weighted by Crippen LogP contribution is 2.32. The Bertz CT molecular complexity index is 796. The molecule has 7 nitrogen and oxygen atoms in total. The molecule has 2 aliphatic rings. The van der Waals surface area contributed by atoms with Crippen LogP contribution in [0.1, 0.15) is 65.1 Å². The van der Waals surface area contributed by atoms with E-state index in [0.29, 0.717) is 32.0 Å². The molecule has 0 bridgehead atoms. The molecule has 2 aromatic heterocycles. The van der Waals surface area contributed by atoms with Crippen LogP contribution in [0.4, 0.5) is 0 Å². The highest BCUT2D eigenvalue weighted by Gasteiger charge is 2.34. The van der Waals surface area contributed by atoms with Crippen molar-refractivity contribution in [2.24, 2.45) is 5.92 Å². The predicted octanol–water partition coefficient (Wildman–Crippen LogP) is 3.01. The molecule has 27 heavy (non-hydrogen) atoms. The lowest BCUT2D eigenvalue weighted by Crippen LogP contribution is -2.40. The molecule has 0 saturated heterocycles. The molecule has 0 aromatic carbocycles. The van der Waals surface area contributed by atoms with Gasteiger partial charge in [-0.05, 0) is 44.1 Å². The monoisotopic (exact) mass is 389 g/mol. The summed E-state index contributed by atoms with van der Waals surface area (Å²) in [6.45, 7) is 7.39. The molecule has 1 aliphatic carbocycles. The lowest BCUT2D eigenvalue weighted by Gasteiger charge is -2.33. The van der Waals surface area contributed by atoms with E-state index in [0.717, 1.165) is 22.9 Å². The minimum Gasteiger partial charge on any atom is -0.381 e. The zero-order valence-corrected chi connectivity index (χ0v) is 16.9. The third kappa shape index (κ3) is 3.78. The molecule has 1 atom stereocenters. The molecule has 0 N–H and O–H groups in total. The lowest BCUT2D eigenvalue weighted by atomic mass is 9.96. The van der Waals surface area contributed by atoms with Gasteiger partial charge in [0.25, 0.3) is 5.91 Å². The van der Waals surface area contributed by atoms with E-state index in [-0.39, 0.29) is 11.8 Å². The van der Waals surface area contributed by atoms with E-state index in [9.17, 15) is 4.79 Å². The number of fused-ring (bicyclic) bond motifs is 1. The molecule has 0 unspecified atom stereocenters. The van der Waals surface area contributed by atoms with Gasteiger partial charge in [0.05, 0.1) is 23.4 Å². The number of carbonyl (C=O) groups excluding carboxylic acids is 1. The van der Waals surface area contributed by atoms with Crippen molar-refractivity contribution >= 4 is 17.4 Å². The summed E-state index contributed by atoms with van der Waals surface area (Å²) < 4.78 is 11.9. The molecular weight excluding hydrogens is 362 g/mol. The Morgan fingerprint density at radius 3 is 2.89 bits per heavy atom. The molecule has 1 aliphatic heterocycles. The highest BCUT2D eigenvalue weighted by molar-refractivity contribution is 7.05. The van der Waals surface area contributed by atoms with Gasteiger partial charge in [-0.3, -0.25) is 9.48 Å². The summed E-state index contributed by atoms with van der Waals surface area (Å²) in [5.74, 6) is 0.829. The van der Waals surface area contributed by atoms with Crippen molar-refractivity contribution in [3.8, 4) is 0 Å². The second-order valence-electron chi connectivity index (χ2n) is 7.61. The van der Waals surface area contributed by atoms with Gasteiger partial charge in [0.15, 0.2) is 5.69 Å². The van der Waals surface area contributed by atoms with E-state index in [1.165, 1.54) is 42.9 Å². The summed E-state index contributed by atoms with van der Waals surface area (Å²) >= 11 is 1.27. The number of hydrogen-bond donors (Lipinski definition) is 0. The smallest absolute Gasteiger partial charge is 0.275 e. The Kier molecular flexibility index (Phi) is 5.54. The molecule has 0 spiro atoms. The molecule has 3 heterocycles. The minimum absolute atomic E-state index is 0.0445. The van der Waals surface area contributed by atoms with E-state index >= 15 is 0 Å². The lowest BCUT2D eigenvalue weighted by molar-refractivity contribution is 0.0640. The Morgan fingerprint density at radius 1 is 1.37 bits per heavy atom. The number of aromatic nitrogens is 4. The first kappa shape index (κ1) is 18.6. The molecule has 1 amide bonds. The fraction of sp³-hybridized carbons (Fsp3) is 0.684. The van der Waals surface area contributed by atoms with Crippen molar-refractivity contribution in [3.05, 3.63) is 28.0 Å². The van der Waals surface area contributed by atoms with Crippen LogP contribution in [0.2, 0.25) is 0 Å². The van der Waals surface area contributed by atoms with Crippen molar-refractivity contribution < 1.29 is 9.53 Å². The number of rotatable bonds is 6. The van der Waals surface area contributed by atoms with Gasteiger partial charge in [0.2, 0.25) is 0 Å². The van der Waals surface area contributed by atoms with Crippen LogP contribution in [0, 0.1) is 12.8 Å². The zero-order chi connectivity index (χ0) is 18.8. The number of ether oxygens (including phenoxy) is 1. The second-order valence-corrected chi connectivity index (χ2v) is 8.57. The van der Waals surface area contributed by atoms with Crippen LogP contribution in [0.25, 0.3) is 0 Å². The Labute approximate surface area is 163 Å². The van der Waals surface area contributed by atoms with Crippen molar-refractivity contribution in [3.63, 3.8) is 0 Å². The first-order valence-electron chi connectivity index (χ1n) is 9.88. The van der Waals surface area contributed by atoms with Crippen molar-refractivity contribution in [1.29, 1.82) is 0 Å². The van der Waals surface area contributed by atoms with Gasteiger partial charge in [-0.2, -0.15) is 5.10 Å². The number of nitrogens with zero attached hydrogens (tertiary/aromatic N) is 5. The van der Waals surface area contributed by atoms with E-state index in [1.807, 2.05) is 24.9 Å². The first-order chi connectivity index (χ1) is 13.2. The summed E-state index contributed by atoms with van der Waals surface area (Å²) in [5.41, 5.74) is 2.86. The maximum absolute atomic E-state index is 13.0. The van der Waals surface area contributed by atoms with Crippen LogP contribution in [0.5, 0.6) is 0 Å². The van der Waals surface area contributed by atoms with Crippen LogP contribution >= 0.6 is 11.5 Å². The Balaban J connectivity index is 1.58. The summed E-state index contributed by atoms with van der Waals surface area (Å²) in [4.78, 5) is 15.7. The van der Waals surface area contributed by atoms with Gasteiger partial charge in [-0.25, -0.2) is 0 Å². The fourth-order valence-corrected chi connectivity index (χ4v) is 4.82. The molecule has 8 heteroatoms. The molecular formula is C19H27N5O2S. The maximum Gasteiger partial charge on any atom is 0.275 e. The van der Waals surface area contributed by atoms with Gasteiger partial charge in [0.1, 0.15) is 0 Å². The average Bonchev–Trinajstić information content (AvgIpc) is 3.41. The average molecular weight is 390 g/mol. The van der Waals surface area contributed by atoms with Crippen LogP contribution in [0.15, 0.2) is 6.20 Å². The predicted molar refractivity (Wildman–Crippen MR) is 103 cm³/mol. The highest BCUT2D eigenvalue weighted by atomic mass is 32.1. The molecule has 2 aromatic rings. The maximum atomic E-state index is 13.0. The van der Waals surface area contributed by atoms with Gasteiger partial charge in [-0.15, -0.1) is 5.10 Å². The van der Waals surface area contributed by atoms with Crippen LogP contribution in [-0.2, 0) is 17.8 Å². The quantitative estimate of drug-likeness (QED) is 0.759. The van der Waals surface area contributed by atoms with Gasteiger partial charge >= 0.3 is 0 Å². The van der Waals surface area contributed by atoms with Crippen molar-refractivity contribution in [2.75, 3.05) is 19.8 Å². The third-order valence-corrected chi connectivity index (χ3v) is 6.35. The largest absolute Gasteiger partial charge is 0.381 e. The number of aryl methyl sites for hydroxylation is 1. The van der Waals surface area contributed by atoms with Crippen LogP contribution < -0.4 is 0 Å². The van der Waals surface area contributed by atoms with Gasteiger partial charge in [-0.1, -0.05) is 17.3 Å². The van der Waals surface area contributed by atoms with Crippen molar-refractivity contribution in [1.82, 2.24) is 24.3 Å². The van der Waals surface area contributed by atoms with E-state index in [1.54, 1.807) is 0 Å². The normalized spacial score (nSPS) is 20.2. The molecule has 0 radical (unpaired) electrons. The van der Waals surface area contributed by atoms with E-state index in [4.69, 9.17) is 9.84 Å². The Hall–Kier alpha value is -1.80. The van der Waals surface area contributed by atoms with Crippen LogP contribution in [-0.4, -0.2) is 49.9 Å². The Morgan fingerprint density at radius 2 is 2.19 bits per heavy atom. The van der Waals surface area contributed by atoms with Crippen molar-refractivity contribution in [2.45, 2.75) is 58.5 Å². The third-order valence-electron chi connectivity index (χ3n) is 5.72. The van der Waals surface area contributed by atoms with Crippen LogP contribution in [0.3, 0.4) is 0 Å². The number of amides is 1. The second kappa shape index (κ2) is 8.06. The summed E-state index contributed by atoms with van der Waals surface area (Å²) in [6, 6.07) is 0. The number of hydrogen-bond acceptors (Lipinski definition) is 6. The first-order valence-corrected chi connectivity index (χ1v) is 10.6. The topological polar surface area (TPSA) is 73.1 Å². The standard InChI is InChI=1S/C19H27N5O2S/c1-3-26-12-16-11-23(19(25)17-13(2)27-22-21-17)10-15-8-20-24(18(15)16)9-14-6-4-5-7-14/h8,14,16H,3-7,9-12H2,1-2H3/t16-/m0/s1. The zero-order valence-electron chi connectivity index (χ0n) is 16.1. The van der Waals surface area contributed by atoms with E-state index in [2.05, 4.69) is 14.3 Å². The fourth-order valence-electron chi connectivity index (χ4n) is 4.36. The molecule has 1 fully saturated rings. The van der Waals surface area contributed by atoms with E-state index < -0.39 is 0 Å². The summed E-state index contributed by atoms with van der Waals surface area (Å²) in [6.07, 6.45) is 7.20. The minimum atomic E-state index is -0.0445. The molecule has 146 valence electrons. The number of carbonyl (C=O) groups is 1. The van der Waals surface area contributed by atoms with Gasteiger partial charge in [0, 0.05) is 37.7 Å². The summed E-state index contributed by atoms with van der Waals surface area (Å²) in [7, 11) is 0. The SMILES string of the molecule is CCOC[C@@H]1CN(C(=O)c2nnsc2C)Cc2cnn(CC3CCCC3)c21. The van der Waals surface area contributed by atoms with Gasteiger partial charge < -0.3 is 9.64 Å². The molecule has 4 rings (SSSR count). The summed E-state index contributed by atoms with van der Waals surface area (Å²) in [5, 5.41) is 8.72. The molecule has 1 saturated carbocycles.